The van der Waals surface area contributed by atoms with Crippen LogP contribution in [0, 0.1) is 6.92 Å². The molecule has 1 heterocycles. The van der Waals surface area contributed by atoms with Crippen LogP contribution < -0.4 is 4.74 Å². The number of rotatable bonds is 5. The smallest absolute Gasteiger partial charge is 0.156 e. The van der Waals surface area contributed by atoms with E-state index in [1.165, 1.54) is 0 Å². The van der Waals surface area contributed by atoms with E-state index in [-0.39, 0.29) is 6.10 Å². The van der Waals surface area contributed by atoms with E-state index in [0.717, 1.165) is 24.7 Å². The number of likely N-dealkylation sites (N-methyl/N-ethyl adjacent to an activating group) is 1. The molecule has 0 N–H and O–H groups in total. The Morgan fingerprint density at radius 1 is 1.40 bits per heavy atom. The van der Waals surface area contributed by atoms with Gasteiger partial charge in [0, 0.05) is 6.54 Å². The van der Waals surface area contributed by atoms with Crippen LogP contribution in [-0.2, 0) is 0 Å². The van der Waals surface area contributed by atoms with Gasteiger partial charge in [-0.05, 0) is 27.4 Å². The van der Waals surface area contributed by atoms with Crippen molar-refractivity contribution in [2.75, 3.05) is 20.1 Å². The van der Waals surface area contributed by atoms with Crippen molar-refractivity contribution in [3.8, 4) is 5.75 Å². The van der Waals surface area contributed by atoms with Gasteiger partial charge in [0.2, 0.25) is 0 Å². The first-order valence-electron chi connectivity index (χ1n) is 5.25. The number of ether oxygens (including phenoxy) is 1. The molecule has 0 spiro atoms. The van der Waals surface area contributed by atoms with Gasteiger partial charge in [-0.25, -0.2) is 9.97 Å². The molecule has 1 rings (SSSR count). The molecule has 0 aromatic carbocycles. The number of aryl methyl sites for hydroxylation is 1. The normalized spacial score (nSPS) is 12.9. The zero-order valence-electron chi connectivity index (χ0n) is 9.90. The summed E-state index contributed by atoms with van der Waals surface area (Å²) in [5, 5.41) is 0. The van der Waals surface area contributed by atoms with Gasteiger partial charge in [0.05, 0.1) is 12.4 Å². The molecular weight excluding hydrogens is 190 g/mol. The highest BCUT2D eigenvalue weighted by molar-refractivity contribution is 5.12. The average molecular weight is 209 g/mol. The van der Waals surface area contributed by atoms with Crippen molar-refractivity contribution in [2.45, 2.75) is 26.9 Å². The van der Waals surface area contributed by atoms with E-state index in [1.807, 2.05) is 13.8 Å². The van der Waals surface area contributed by atoms with Crippen LogP contribution in [0.5, 0.6) is 5.75 Å². The predicted molar refractivity (Wildman–Crippen MR) is 60.0 cm³/mol. The third kappa shape index (κ3) is 4.25. The SMILES string of the molecule is CCN(C)C[C@H](C)Oc1cnc(C)nc1. The summed E-state index contributed by atoms with van der Waals surface area (Å²) in [6, 6.07) is 0. The Hall–Kier alpha value is -1.16. The van der Waals surface area contributed by atoms with E-state index in [4.69, 9.17) is 4.74 Å². The van der Waals surface area contributed by atoms with Gasteiger partial charge in [-0.1, -0.05) is 6.92 Å². The van der Waals surface area contributed by atoms with E-state index in [2.05, 4.69) is 28.8 Å². The summed E-state index contributed by atoms with van der Waals surface area (Å²) in [5.41, 5.74) is 0. The zero-order valence-corrected chi connectivity index (χ0v) is 9.90. The van der Waals surface area contributed by atoms with Gasteiger partial charge in [0.1, 0.15) is 11.9 Å². The monoisotopic (exact) mass is 209 g/mol. The summed E-state index contributed by atoms with van der Waals surface area (Å²) < 4.78 is 5.68. The second kappa shape index (κ2) is 5.66. The number of hydrogen-bond acceptors (Lipinski definition) is 4. The molecule has 0 amide bonds. The van der Waals surface area contributed by atoms with Crippen molar-refractivity contribution >= 4 is 0 Å². The van der Waals surface area contributed by atoms with E-state index >= 15 is 0 Å². The number of nitrogens with zero attached hydrogens (tertiary/aromatic N) is 3. The Kier molecular flexibility index (Phi) is 4.49. The summed E-state index contributed by atoms with van der Waals surface area (Å²) in [7, 11) is 2.07. The molecular formula is C11H19N3O. The van der Waals surface area contributed by atoms with E-state index in [0.29, 0.717) is 0 Å². The van der Waals surface area contributed by atoms with Gasteiger partial charge >= 0.3 is 0 Å². The Bertz CT molecular complexity index is 286. The van der Waals surface area contributed by atoms with Crippen molar-refractivity contribution in [3.05, 3.63) is 18.2 Å². The molecule has 1 aromatic rings. The lowest BCUT2D eigenvalue weighted by molar-refractivity contribution is 0.165. The minimum atomic E-state index is 0.154. The summed E-state index contributed by atoms with van der Waals surface area (Å²) >= 11 is 0. The van der Waals surface area contributed by atoms with Gasteiger partial charge < -0.3 is 9.64 Å². The fourth-order valence-corrected chi connectivity index (χ4v) is 1.28. The third-order valence-corrected chi connectivity index (χ3v) is 2.20. The summed E-state index contributed by atoms with van der Waals surface area (Å²) in [4.78, 5) is 10.4. The lowest BCUT2D eigenvalue weighted by Gasteiger charge is -2.20. The van der Waals surface area contributed by atoms with Crippen LogP contribution in [-0.4, -0.2) is 41.1 Å². The van der Waals surface area contributed by atoms with Crippen LogP contribution >= 0.6 is 0 Å². The summed E-state index contributed by atoms with van der Waals surface area (Å²) in [6.45, 7) is 7.97. The van der Waals surface area contributed by atoms with Gasteiger partial charge in [0.25, 0.3) is 0 Å². The van der Waals surface area contributed by atoms with Crippen LogP contribution in [0.4, 0.5) is 0 Å². The molecule has 1 aromatic heterocycles. The largest absolute Gasteiger partial charge is 0.486 e. The van der Waals surface area contributed by atoms with Crippen molar-refractivity contribution in [3.63, 3.8) is 0 Å². The Balaban J connectivity index is 2.44. The molecule has 0 unspecified atom stereocenters. The van der Waals surface area contributed by atoms with Crippen molar-refractivity contribution < 1.29 is 4.74 Å². The van der Waals surface area contributed by atoms with Crippen LogP contribution in [0.1, 0.15) is 19.7 Å². The molecule has 0 bridgehead atoms. The van der Waals surface area contributed by atoms with Crippen LogP contribution in [0.3, 0.4) is 0 Å². The highest BCUT2D eigenvalue weighted by Crippen LogP contribution is 2.08. The Labute approximate surface area is 91.3 Å². The van der Waals surface area contributed by atoms with Gasteiger partial charge in [-0.2, -0.15) is 0 Å². The minimum Gasteiger partial charge on any atom is -0.486 e. The fraction of sp³-hybridized carbons (Fsp3) is 0.636. The van der Waals surface area contributed by atoms with Crippen molar-refractivity contribution in [1.82, 2.24) is 14.9 Å². The predicted octanol–water partition coefficient (Wildman–Crippen LogP) is 1.50. The maximum absolute atomic E-state index is 5.68. The molecule has 0 saturated carbocycles. The molecule has 15 heavy (non-hydrogen) atoms. The standard InChI is InChI=1S/C11H19N3O/c1-5-14(4)8-9(2)15-11-6-12-10(3)13-7-11/h6-7,9H,5,8H2,1-4H3/t9-/m0/s1. The highest BCUT2D eigenvalue weighted by atomic mass is 16.5. The minimum absolute atomic E-state index is 0.154. The highest BCUT2D eigenvalue weighted by Gasteiger charge is 2.06. The van der Waals surface area contributed by atoms with E-state index < -0.39 is 0 Å². The van der Waals surface area contributed by atoms with Crippen LogP contribution in [0.15, 0.2) is 12.4 Å². The molecule has 0 saturated heterocycles. The van der Waals surface area contributed by atoms with Gasteiger partial charge in [-0.3, -0.25) is 0 Å². The molecule has 4 nitrogen and oxygen atoms in total. The van der Waals surface area contributed by atoms with Gasteiger partial charge in [0.15, 0.2) is 5.75 Å². The Morgan fingerprint density at radius 2 is 2.00 bits per heavy atom. The number of hydrogen-bond donors (Lipinski definition) is 0. The lowest BCUT2D eigenvalue weighted by atomic mass is 10.3. The molecule has 0 aliphatic rings. The third-order valence-electron chi connectivity index (χ3n) is 2.20. The average Bonchev–Trinajstić information content (AvgIpc) is 2.21. The second-order valence-corrected chi connectivity index (χ2v) is 3.75. The molecule has 0 aliphatic carbocycles. The fourth-order valence-electron chi connectivity index (χ4n) is 1.28. The zero-order chi connectivity index (χ0) is 11.3. The first kappa shape index (κ1) is 11.9. The van der Waals surface area contributed by atoms with Crippen molar-refractivity contribution in [2.24, 2.45) is 0 Å². The maximum Gasteiger partial charge on any atom is 0.156 e. The van der Waals surface area contributed by atoms with Crippen molar-refractivity contribution in [1.29, 1.82) is 0 Å². The van der Waals surface area contributed by atoms with Gasteiger partial charge in [-0.15, -0.1) is 0 Å². The molecule has 4 heteroatoms. The molecule has 1 atom stereocenters. The quantitative estimate of drug-likeness (QED) is 0.736. The molecule has 0 fully saturated rings. The Morgan fingerprint density at radius 3 is 2.53 bits per heavy atom. The maximum atomic E-state index is 5.68. The summed E-state index contributed by atoms with van der Waals surface area (Å²) in [6.07, 6.45) is 3.58. The van der Waals surface area contributed by atoms with Crippen LogP contribution in [0.2, 0.25) is 0 Å². The molecule has 0 aliphatic heterocycles. The molecule has 84 valence electrons. The lowest BCUT2D eigenvalue weighted by Crippen LogP contribution is -2.30. The second-order valence-electron chi connectivity index (χ2n) is 3.75. The first-order valence-corrected chi connectivity index (χ1v) is 5.25. The van der Waals surface area contributed by atoms with E-state index in [9.17, 15) is 0 Å². The van der Waals surface area contributed by atoms with E-state index in [1.54, 1.807) is 12.4 Å². The summed E-state index contributed by atoms with van der Waals surface area (Å²) in [5.74, 6) is 1.50. The molecule has 0 radical (unpaired) electrons. The first-order chi connectivity index (χ1) is 7.11. The topological polar surface area (TPSA) is 38.2 Å². The van der Waals surface area contributed by atoms with Crippen LogP contribution in [0.25, 0.3) is 0 Å². The number of aromatic nitrogens is 2.